The molecule has 0 spiro atoms. The van der Waals surface area contributed by atoms with Crippen LogP contribution in [0.25, 0.3) is 0 Å². The van der Waals surface area contributed by atoms with E-state index >= 15 is 0 Å². The molecule has 0 fully saturated rings. The summed E-state index contributed by atoms with van der Waals surface area (Å²) in [5.41, 5.74) is 7.68. The van der Waals surface area contributed by atoms with Gasteiger partial charge in [-0.1, -0.05) is 23.4 Å². The number of carbonyl (C=O) groups excluding carboxylic acids is 1. The Labute approximate surface area is 126 Å². The molecule has 5 heteroatoms. The van der Waals surface area contributed by atoms with Crippen molar-refractivity contribution in [3.63, 3.8) is 0 Å². The Balaban J connectivity index is 2.14. The van der Waals surface area contributed by atoms with Gasteiger partial charge in [-0.05, 0) is 40.6 Å². The highest BCUT2D eigenvalue weighted by atomic mass is 35.5. The molecule has 1 aromatic heterocycles. The van der Waals surface area contributed by atoms with Gasteiger partial charge >= 0.3 is 0 Å². The highest BCUT2D eigenvalue weighted by molar-refractivity contribution is 7.08. The number of nitrogens with two attached hydrogens (primary N) is 1. The molecule has 1 amide bonds. The standard InChI is InChI=1S/C15H13ClN2OS/c16-13-3-4-14(12(9-13)2-1-6-17)18-15(19)8-11-5-7-20-10-11/h3-5,7,9-10H,6,8,17H2,(H,18,19). The number of carbonyl (C=O) groups is 1. The first kappa shape index (κ1) is 14.6. The monoisotopic (exact) mass is 304 g/mol. The van der Waals surface area contributed by atoms with E-state index < -0.39 is 0 Å². The molecule has 0 bridgehead atoms. The van der Waals surface area contributed by atoms with Gasteiger partial charge in [0.25, 0.3) is 0 Å². The summed E-state index contributed by atoms with van der Waals surface area (Å²) in [4.78, 5) is 12.0. The minimum atomic E-state index is -0.0819. The van der Waals surface area contributed by atoms with Gasteiger partial charge in [0.15, 0.2) is 0 Å². The number of halogens is 1. The summed E-state index contributed by atoms with van der Waals surface area (Å²) in [5, 5.41) is 7.32. The second-order valence-electron chi connectivity index (χ2n) is 4.05. The van der Waals surface area contributed by atoms with E-state index in [2.05, 4.69) is 17.2 Å². The SMILES string of the molecule is NCC#Cc1cc(Cl)ccc1NC(=O)Cc1ccsc1. The third-order valence-electron chi connectivity index (χ3n) is 2.53. The first-order valence-corrected chi connectivity index (χ1v) is 7.30. The molecule has 3 nitrogen and oxygen atoms in total. The minimum Gasteiger partial charge on any atom is -0.325 e. The van der Waals surface area contributed by atoms with E-state index in [1.165, 1.54) is 0 Å². The molecule has 0 saturated heterocycles. The Morgan fingerprint density at radius 1 is 1.40 bits per heavy atom. The molecule has 102 valence electrons. The first-order valence-electron chi connectivity index (χ1n) is 5.98. The van der Waals surface area contributed by atoms with Gasteiger partial charge in [0.05, 0.1) is 18.7 Å². The van der Waals surface area contributed by atoms with Gasteiger partial charge in [-0.3, -0.25) is 4.79 Å². The number of nitrogens with one attached hydrogen (secondary N) is 1. The lowest BCUT2D eigenvalue weighted by molar-refractivity contribution is -0.115. The van der Waals surface area contributed by atoms with Crippen LogP contribution in [0.2, 0.25) is 5.02 Å². The van der Waals surface area contributed by atoms with Crippen molar-refractivity contribution in [2.75, 3.05) is 11.9 Å². The normalized spacial score (nSPS) is 9.70. The zero-order valence-electron chi connectivity index (χ0n) is 10.7. The molecule has 1 heterocycles. The van der Waals surface area contributed by atoms with Crippen molar-refractivity contribution in [3.8, 4) is 11.8 Å². The van der Waals surface area contributed by atoms with Crippen molar-refractivity contribution in [2.45, 2.75) is 6.42 Å². The van der Waals surface area contributed by atoms with Crippen LogP contribution in [-0.4, -0.2) is 12.5 Å². The fraction of sp³-hybridized carbons (Fsp3) is 0.133. The Kier molecular flexibility index (Phi) is 5.19. The maximum atomic E-state index is 12.0. The minimum absolute atomic E-state index is 0.0819. The molecule has 2 rings (SSSR count). The second-order valence-corrected chi connectivity index (χ2v) is 5.27. The summed E-state index contributed by atoms with van der Waals surface area (Å²) in [6.07, 6.45) is 0.343. The van der Waals surface area contributed by atoms with Gasteiger partial charge in [0, 0.05) is 10.6 Å². The van der Waals surface area contributed by atoms with Gasteiger partial charge in [-0.15, -0.1) is 0 Å². The Morgan fingerprint density at radius 2 is 2.25 bits per heavy atom. The predicted molar refractivity (Wildman–Crippen MR) is 84.0 cm³/mol. The third-order valence-corrected chi connectivity index (χ3v) is 3.49. The molecule has 2 aromatic rings. The number of benzene rings is 1. The van der Waals surface area contributed by atoms with Crippen LogP contribution in [0.5, 0.6) is 0 Å². The molecular formula is C15H13ClN2OS. The lowest BCUT2D eigenvalue weighted by Gasteiger charge is -2.07. The Hall–Kier alpha value is -1.80. The molecule has 3 N–H and O–H groups in total. The van der Waals surface area contributed by atoms with Crippen molar-refractivity contribution < 1.29 is 4.79 Å². The van der Waals surface area contributed by atoms with E-state index in [1.54, 1.807) is 29.5 Å². The molecule has 0 radical (unpaired) electrons. The number of hydrogen-bond acceptors (Lipinski definition) is 3. The number of amides is 1. The number of thiophene rings is 1. The average molecular weight is 305 g/mol. The third kappa shape index (κ3) is 4.10. The molecule has 20 heavy (non-hydrogen) atoms. The van der Waals surface area contributed by atoms with Crippen LogP contribution in [0.4, 0.5) is 5.69 Å². The summed E-state index contributed by atoms with van der Waals surface area (Å²) in [7, 11) is 0. The zero-order valence-corrected chi connectivity index (χ0v) is 12.2. The fourth-order valence-electron chi connectivity index (χ4n) is 1.65. The van der Waals surface area contributed by atoms with Crippen LogP contribution in [0, 0.1) is 11.8 Å². The van der Waals surface area contributed by atoms with Crippen LogP contribution in [0.3, 0.4) is 0 Å². The van der Waals surface area contributed by atoms with Crippen molar-refractivity contribution in [1.29, 1.82) is 0 Å². The summed E-state index contributed by atoms with van der Waals surface area (Å²) >= 11 is 7.51. The molecular weight excluding hydrogens is 292 g/mol. The van der Waals surface area contributed by atoms with Gasteiger partial charge in [-0.2, -0.15) is 11.3 Å². The Bertz CT molecular complexity index is 656. The van der Waals surface area contributed by atoms with E-state index in [9.17, 15) is 4.79 Å². The van der Waals surface area contributed by atoms with Crippen LogP contribution in [-0.2, 0) is 11.2 Å². The molecule has 0 aliphatic rings. The highest BCUT2D eigenvalue weighted by Crippen LogP contribution is 2.20. The van der Waals surface area contributed by atoms with Crippen molar-refractivity contribution >= 4 is 34.5 Å². The van der Waals surface area contributed by atoms with E-state index in [0.29, 0.717) is 22.7 Å². The van der Waals surface area contributed by atoms with Crippen LogP contribution in [0.1, 0.15) is 11.1 Å². The molecule has 0 saturated carbocycles. The average Bonchev–Trinajstić information content (AvgIpc) is 2.91. The van der Waals surface area contributed by atoms with Gasteiger partial charge in [-0.25, -0.2) is 0 Å². The van der Waals surface area contributed by atoms with Crippen LogP contribution >= 0.6 is 22.9 Å². The molecule has 1 aromatic carbocycles. The highest BCUT2D eigenvalue weighted by Gasteiger charge is 2.07. The smallest absolute Gasteiger partial charge is 0.228 e. The van der Waals surface area contributed by atoms with Gasteiger partial charge in [0.1, 0.15) is 0 Å². The Morgan fingerprint density at radius 3 is 2.95 bits per heavy atom. The second kappa shape index (κ2) is 7.11. The lowest BCUT2D eigenvalue weighted by Crippen LogP contribution is -2.14. The maximum absolute atomic E-state index is 12.0. The van der Waals surface area contributed by atoms with Gasteiger partial charge < -0.3 is 11.1 Å². The first-order chi connectivity index (χ1) is 9.69. The topological polar surface area (TPSA) is 55.1 Å². The van der Waals surface area contributed by atoms with E-state index in [0.717, 1.165) is 5.56 Å². The molecule has 0 atom stereocenters. The van der Waals surface area contributed by atoms with Crippen molar-refractivity contribution in [3.05, 3.63) is 51.2 Å². The zero-order chi connectivity index (χ0) is 14.4. The van der Waals surface area contributed by atoms with Crippen molar-refractivity contribution in [2.24, 2.45) is 5.73 Å². The van der Waals surface area contributed by atoms with E-state index in [-0.39, 0.29) is 12.5 Å². The quantitative estimate of drug-likeness (QED) is 0.857. The largest absolute Gasteiger partial charge is 0.325 e. The molecule has 0 aliphatic carbocycles. The van der Waals surface area contributed by atoms with Crippen LogP contribution < -0.4 is 11.1 Å². The summed E-state index contributed by atoms with van der Waals surface area (Å²) in [6, 6.07) is 7.11. The van der Waals surface area contributed by atoms with E-state index in [4.69, 9.17) is 17.3 Å². The molecule has 0 aliphatic heterocycles. The summed E-state index contributed by atoms with van der Waals surface area (Å²) < 4.78 is 0. The number of anilines is 1. The number of hydrogen-bond donors (Lipinski definition) is 2. The van der Waals surface area contributed by atoms with Crippen LogP contribution in [0.15, 0.2) is 35.0 Å². The lowest BCUT2D eigenvalue weighted by atomic mass is 10.1. The number of rotatable bonds is 3. The van der Waals surface area contributed by atoms with Gasteiger partial charge in [0.2, 0.25) is 5.91 Å². The molecule has 0 unspecified atom stereocenters. The fourth-order valence-corrected chi connectivity index (χ4v) is 2.49. The summed E-state index contributed by atoms with van der Waals surface area (Å²) in [6.45, 7) is 0.259. The van der Waals surface area contributed by atoms with E-state index in [1.807, 2.05) is 16.8 Å². The van der Waals surface area contributed by atoms with Crippen molar-refractivity contribution in [1.82, 2.24) is 0 Å². The summed E-state index contributed by atoms with van der Waals surface area (Å²) in [5.74, 6) is 5.58. The maximum Gasteiger partial charge on any atom is 0.228 e. The predicted octanol–water partition coefficient (Wildman–Crippen LogP) is 2.89.